The minimum absolute atomic E-state index is 1.06. The lowest BCUT2D eigenvalue weighted by Gasteiger charge is -2.26. The summed E-state index contributed by atoms with van der Waals surface area (Å²) in [7, 11) is 0. The average molecular weight is 505 g/mol. The number of aromatic nitrogens is 1. The fourth-order valence-electron chi connectivity index (χ4n) is 5.09. The summed E-state index contributed by atoms with van der Waals surface area (Å²) in [5.74, 6) is 0. The van der Waals surface area contributed by atoms with Crippen LogP contribution in [0.25, 0.3) is 42.6 Å². The number of anilines is 3. The monoisotopic (exact) mass is 504 g/mol. The van der Waals surface area contributed by atoms with E-state index in [0.29, 0.717) is 0 Å². The van der Waals surface area contributed by atoms with Crippen LogP contribution in [0.2, 0.25) is 0 Å². The van der Waals surface area contributed by atoms with Crippen molar-refractivity contribution in [3.8, 4) is 22.3 Å². The first-order valence-corrected chi connectivity index (χ1v) is 13.5. The van der Waals surface area contributed by atoms with E-state index in [9.17, 15) is 0 Å². The number of nitrogens with zero attached hydrogens (tertiary/aromatic N) is 2. The third kappa shape index (κ3) is 4.03. The molecule has 0 aliphatic carbocycles. The zero-order chi connectivity index (χ0) is 25.3. The van der Waals surface area contributed by atoms with Crippen LogP contribution in [0.15, 0.2) is 146 Å². The van der Waals surface area contributed by atoms with Crippen LogP contribution in [0.3, 0.4) is 0 Å². The number of benzene rings is 5. The van der Waals surface area contributed by atoms with E-state index < -0.39 is 0 Å². The van der Waals surface area contributed by atoms with Crippen LogP contribution in [0.5, 0.6) is 0 Å². The highest BCUT2D eigenvalue weighted by Gasteiger charge is 2.18. The lowest BCUT2D eigenvalue weighted by Crippen LogP contribution is -2.10. The van der Waals surface area contributed by atoms with Gasteiger partial charge in [0.2, 0.25) is 0 Å². The molecule has 180 valence electrons. The zero-order valence-corrected chi connectivity index (χ0v) is 21.5. The molecule has 0 atom stereocenters. The van der Waals surface area contributed by atoms with Crippen molar-refractivity contribution >= 4 is 48.7 Å². The Kier molecular flexibility index (Phi) is 5.69. The lowest BCUT2D eigenvalue weighted by atomic mass is 10.0. The fraction of sp³-hybridized carbons (Fsp3) is 0. The molecule has 2 nitrogen and oxygen atoms in total. The third-order valence-electron chi connectivity index (χ3n) is 6.96. The summed E-state index contributed by atoms with van der Waals surface area (Å²) in [4.78, 5) is 8.08. The second kappa shape index (κ2) is 9.62. The van der Waals surface area contributed by atoms with Gasteiger partial charge in [0.15, 0.2) is 0 Å². The highest BCUT2D eigenvalue weighted by atomic mass is 32.1. The Hall–Kier alpha value is -4.73. The van der Waals surface area contributed by atoms with Gasteiger partial charge in [-0.05, 0) is 64.7 Å². The zero-order valence-electron chi connectivity index (χ0n) is 20.7. The molecule has 0 fully saturated rings. The topological polar surface area (TPSA) is 16.1 Å². The van der Waals surface area contributed by atoms with Crippen LogP contribution < -0.4 is 4.90 Å². The largest absolute Gasteiger partial charge is 0.309 e. The predicted molar refractivity (Wildman–Crippen MR) is 163 cm³/mol. The molecule has 7 aromatic rings. The van der Waals surface area contributed by atoms with Crippen molar-refractivity contribution in [1.82, 2.24) is 4.98 Å². The second-order valence-corrected chi connectivity index (χ2v) is 10.3. The number of rotatable bonds is 5. The van der Waals surface area contributed by atoms with E-state index in [2.05, 4.69) is 143 Å². The Labute approximate surface area is 226 Å². The van der Waals surface area contributed by atoms with Crippen molar-refractivity contribution in [3.05, 3.63) is 146 Å². The molecule has 7 rings (SSSR count). The van der Waals surface area contributed by atoms with Gasteiger partial charge in [-0.3, -0.25) is 0 Å². The molecule has 0 amide bonds. The van der Waals surface area contributed by atoms with Crippen molar-refractivity contribution in [3.63, 3.8) is 0 Å². The first-order chi connectivity index (χ1) is 18.8. The SMILES string of the molecule is c1ccc(-c2ccc(N(c3ccc(-c4ccccc4)cc3)c3cccc4c3sc3ncccc34)cc2)cc1. The van der Waals surface area contributed by atoms with Crippen molar-refractivity contribution in [2.75, 3.05) is 4.90 Å². The number of fused-ring (bicyclic) bond motifs is 3. The number of thiophene rings is 1. The van der Waals surface area contributed by atoms with Crippen molar-refractivity contribution < 1.29 is 0 Å². The maximum Gasteiger partial charge on any atom is 0.124 e. The van der Waals surface area contributed by atoms with Crippen molar-refractivity contribution in [2.24, 2.45) is 0 Å². The number of pyridine rings is 1. The Bertz CT molecular complexity index is 1760. The molecule has 5 aromatic carbocycles. The molecule has 0 aliphatic heterocycles. The summed E-state index contributed by atoms with van der Waals surface area (Å²) in [6.07, 6.45) is 1.87. The van der Waals surface area contributed by atoms with Crippen molar-refractivity contribution in [2.45, 2.75) is 0 Å². The highest BCUT2D eigenvalue weighted by molar-refractivity contribution is 7.26. The molecule has 0 unspecified atom stereocenters. The smallest absolute Gasteiger partial charge is 0.124 e. The first-order valence-electron chi connectivity index (χ1n) is 12.7. The van der Waals surface area contributed by atoms with Crippen LogP contribution >= 0.6 is 11.3 Å². The maximum absolute atomic E-state index is 4.65. The van der Waals surface area contributed by atoms with Crippen LogP contribution in [0.1, 0.15) is 0 Å². The molecule has 0 spiro atoms. The van der Waals surface area contributed by atoms with Gasteiger partial charge in [0.05, 0.1) is 10.4 Å². The Balaban J connectivity index is 1.39. The third-order valence-corrected chi connectivity index (χ3v) is 8.11. The summed E-state index contributed by atoms with van der Waals surface area (Å²) < 4.78 is 1.24. The minimum atomic E-state index is 1.06. The van der Waals surface area contributed by atoms with Gasteiger partial charge in [0.25, 0.3) is 0 Å². The molecule has 0 aliphatic rings. The molecule has 0 saturated carbocycles. The number of hydrogen-bond donors (Lipinski definition) is 0. The highest BCUT2D eigenvalue weighted by Crippen LogP contribution is 2.44. The summed E-state index contributed by atoms with van der Waals surface area (Å²) in [6.45, 7) is 0. The van der Waals surface area contributed by atoms with Gasteiger partial charge in [-0.1, -0.05) is 97.1 Å². The summed E-state index contributed by atoms with van der Waals surface area (Å²) in [5.41, 5.74) is 8.25. The molecular formula is C35H24N2S. The molecule has 3 heteroatoms. The number of hydrogen-bond acceptors (Lipinski definition) is 3. The Morgan fingerprint density at radius 2 is 0.974 bits per heavy atom. The van der Waals surface area contributed by atoms with E-state index in [1.807, 2.05) is 12.3 Å². The van der Waals surface area contributed by atoms with Gasteiger partial charge >= 0.3 is 0 Å². The van der Waals surface area contributed by atoms with Crippen LogP contribution in [0.4, 0.5) is 17.1 Å². The molecular weight excluding hydrogens is 480 g/mol. The van der Waals surface area contributed by atoms with Gasteiger partial charge in [-0.2, -0.15) is 0 Å². The van der Waals surface area contributed by atoms with Crippen LogP contribution in [0, 0.1) is 0 Å². The molecule has 38 heavy (non-hydrogen) atoms. The van der Waals surface area contributed by atoms with E-state index in [-0.39, 0.29) is 0 Å². The standard InChI is InChI=1S/C35H24N2S/c1-3-9-25(10-4-1)27-16-20-29(21-17-27)37(30-22-18-28(19-23-30)26-11-5-2-6-12-26)33-15-7-13-31-32-14-8-24-36-35(32)38-34(31)33/h1-24H. The van der Waals surface area contributed by atoms with E-state index in [1.54, 1.807) is 11.3 Å². The van der Waals surface area contributed by atoms with Crippen LogP contribution in [-0.2, 0) is 0 Å². The predicted octanol–water partition coefficient (Wildman–Crippen LogP) is 10.3. The normalized spacial score (nSPS) is 11.2. The van der Waals surface area contributed by atoms with E-state index in [0.717, 1.165) is 21.9 Å². The molecule has 0 bridgehead atoms. The summed E-state index contributed by atoms with van der Waals surface area (Å²) >= 11 is 1.75. The average Bonchev–Trinajstić information content (AvgIpc) is 3.39. The fourth-order valence-corrected chi connectivity index (χ4v) is 6.24. The second-order valence-electron chi connectivity index (χ2n) is 9.27. The Morgan fingerprint density at radius 1 is 0.447 bits per heavy atom. The van der Waals surface area contributed by atoms with Gasteiger partial charge in [-0.25, -0.2) is 4.98 Å². The minimum Gasteiger partial charge on any atom is -0.309 e. The molecule has 0 saturated heterocycles. The van der Waals surface area contributed by atoms with Gasteiger partial charge in [0, 0.05) is 28.3 Å². The van der Waals surface area contributed by atoms with Gasteiger partial charge in [-0.15, -0.1) is 11.3 Å². The Morgan fingerprint density at radius 3 is 1.55 bits per heavy atom. The van der Waals surface area contributed by atoms with E-state index in [1.165, 1.54) is 37.7 Å². The van der Waals surface area contributed by atoms with E-state index in [4.69, 9.17) is 0 Å². The molecule has 0 N–H and O–H groups in total. The summed E-state index contributed by atoms with van der Waals surface area (Å²) in [6, 6.07) is 49.5. The lowest BCUT2D eigenvalue weighted by molar-refractivity contribution is 1.30. The van der Waals surface area contributed by atoms with E-state index >= 15 is 0 Å². The molecule has 2 aromatic heterocycles. The van der Waals surface area contributed by atoms with Crippen molar-refractivity contribution in [1.29, 1.82) is 0 Å². The van der Waals surface area contributed by atoms with Crippen LogP contribution in [-0.4, -0.2) is 4.98 Å². The first kappa shape index (κ1) is 22.5. The summed E-state index contributed by atoms with van der Waals surface area (Å²) in [5, 5.41) is 2.44. The van der Waals surface area contributed by atoms with Gasteiger partial charge < -0.3 is 4.90 Å². The van der Waals surface area contributed by atoms with Gasteiger partial charge in [0.1, 0.15) is 4.83 Å². The quantitative estimate of drug-likeness (QED) is 0.232. The molecule has 0 radical (unpaired) electrons. The maximum atomic E-state index is 4.65. The molecule has 2 heterocycles.